The maximum absolute atomic E-state index is 10.6. The van der Waals surface area contributed by atoms with Crippen molar-refractivity contribution < 1.29 is 19.6 Å². The van der Waals surface area contributed by atoms with Crippen LogP contribution in [0.25, 0.3) is 0 Å². The molecule has 2 N–H and O–H groups in total. The van der Waals surface area contributed by atoms with E-state index in [0.717, 1.165) is 6.20 Å². The maximum atomic E-state index is 10.6. The Morgan fingerprint density at radius 1 is 1.71 bits per heavy atom. The van der Waals surface area contributed by atoms with Crippen molar-refractivity contribution in [3.8, 4) is 0 Å². The minimum atomic E-state index is -1.10. The summed E-state index contributed by atoms with van der Waals surface area (Å²) in [6, 6.07) is 2.67. The fraction of sp³-hybridized carbons (Fsp3) is 0.333. The zero-order valence-electron chi connectivity index (χ0n) is 8.99. The largest absolute Gasteiger partial charge is 0.479 e. The number of ether oxygens (including phenoxy) is 1. The van der Waals surface area contributed by atoms with Gasteiger partial charge in [-0.15, -0.1) is 0 Å². The number of carboxylic acids is 1. The van der Waals surface area contributed by atoms with Gasteiger partial charge in [-0.25, -0.2) is 9.78 Å². The summed E-state index contributed by atoms with van der Waals surface area (Å²) in [7, 11) is 1.28. The number of nitro groups is 1. The molecule has 0 aliphatic carbocycles. The summed E-state index contributed by atoms with van der Waals surface area (Å²) in [4.78, 5) is 24.2. The van der Waals surface area contributed by atoms with Crippen molar-refractivity contribution in [2.75, 3.05) is 19.0 Å². The van der Waals surface area contributed by atoms with Crippen molar-refractivity contribution in [1.82, 2.24) is 4.98 Å². The molecule has 8 heteroatoms. The van der Waals surface area contributed by atoms with Gasteiger partial charge in [0.15, 0.2) is 6.10 Å². The van der Waals surface area contributed by atoms with Crippen LogP contribution in [0.2, 0.25) is 0 Å². The molecule has 8 nitrogen and oxygen atoms in total. The van der Waals surface area contributed by atoms with Crippen molar-refractivity contribution >= 4 is 17.5 Å². The smallest absolute Gasteiger partial charge is 0.334 e. The van der Waals surface area contributed by atoms with Gasteiger partial charge in [0.25, 0.3) is 5.69 Å². The van der Waals surface area contributed by atoms with Gasteiger partial charge in [0.05, 0.1) is 11.5 Å². The van der Waals surface area contributed by atoms with Gasteiger partial charge in [-0.3, -0.25) is 10.1 Å². The Hall–Kier alpha value is -2.22. The summed E-state index contributed by atoms with van der Waals surface area (Å²) in [5, 5.41) is 21.8. The van der Waals surface area contributed by atoms with E-state index in [-0.39, 0.29) is 12.2 Å². The monoisotopic (exact) mass is 241 g/mol. The van der Waals surface area contributed by atoms with Gasteiger partial charge < -0.3 is 15.2 Å². The lowest BCUT2D eigenvalue weighted by Gasteiger charge is -2.11. The predicted octanol–water partition coefficient (Wildman–Crippen LogP) is 0.501. The van der Waals surface area contributed by atoms with Crippen LogP contribution in [0.3, 0.4) is 0 Å². The topological polar surface area (TPSA) is 115 Å². The highest BCUT2D eigenvalue weighted by molar-refractivity contribution is 5.73. The van der Waals surface area contributed by atoms with E-state index < -0.39 is 17.0 Å². The number of anilines is 1. The lowest BCUT2D eigenvalue weighted by molar-refractivity contribution is -0.385. The highest BCUT2D eigenvalue weighted by Crippen LogP contribution is 2.11. The van der Waals surface area contributed by atoms with Crippen LogP contribution in [-0.2, 0) is 9.53 Å². The summed E-state index contributed by atoms with van der Waals surface area (Å²) in [6.07, 6.45) is 0.0947. The third kappa shape index (κ3) is 3.68. The van der Waals surface area contributed by atoms with E-state index in [1.54, 1.807) is 0 Å². The number of hydrogen-bond donors (Lipinski definition) is 2. The Balaban J connectivity index is 2.58. The van der Waals surface area contributed by atoms with Gasteiger partial charge in [-0.1, -0.05) is 0 Å². The molecule has 1 atom stereocenters. The predicted molar refractivity (Wildman–Crippen MR) is 57.8 cm³/mol. The Morgan fingerprint density at radius 3 is 2.82 bits per heavy atom. The summed E-state index contributed by atoms with van der Waals surface area (Å²) in [5.41, 5.74) is -0.128. The molecule has 0 aliphatic rings. The van der Waals surface area contributed by atoms with Gasteiger partial charge in [0.1, 0.15) is 12.0 Å². The van der Waals surface area contributed by atoms with E-state index in [1.807, 2.05) is 0 Å². The van der Waals surface area contributed by atoms with E-state index in [1.165, 1.54) is 19.2 Å². The molecular weight excluding hydrogens is 230 g/mol. The molecule has 1 rings (SSSR count). The van der Waals surface area contributed by atoms with Crippen molar-refractivity contribution in [2.24, 2.45) is 0 Å². The van der Waals surface area contributed by atoms with Gasteiger partial charge >= 0.3 is 5.97 Å². The summed E-state index contributed by atoms with van der Waals surface area (Å²) < 4.78 is 4.70. The molecule has 0 saturated carbocycles. The number of carbonyl (C=O) groups is 1. The normalized spacial score (nSPS) is 11.8. The molecule has 0 bridgehead atoms. The number of hydrogen-bond acceptors (Lipinski definition) is 6. The molecule has 0 amide bonds. The van der Waals surface area contributed by atoms with Gasteiger partial charge in [0.2, 0.25) is 0 Å². The van der Waals surface area contributed by atoms with Gasteiger partial charge in [0, 0.05) is 13.2 Å². The average Bonchev–Trinajstić information content (AvgIpc) is 2.30. The third-order valence-electron chi connectivity index (χ3n) is 1.99. The van der Waals surface area contributed by atoms with Crippen LogP contribution in [0.1, 0.15) is 0 Å². The van der Waals surface area contributed by atoms with E-state index in [2.05, 4.69) is 10.3 Å². The van der Waals surface area contributed by atoms with Crippen molar-refractivity contribution in [3.05, 3.63) is 28.4 Å². The van der Waals surface area contributed by atoms with Gasteiger partial charge in [-0.2, -0.15) is 0 Å². The number of aliphatic carboxylic acids is 1. The molecule has 0 aromatic carbocycles. The Labute approximate surface area is 96.4 Å². The molecule has 1 unspecified atom stereocenters. The number of carboxylic acid groups (broad SMARTS) is 1. The molecule has 17 heavy (non-hydrogen) atoms. The molecule has 0 aliphatic heterocycles. The SMILES string of the molecule is COC(CNc1ccc([N+](=O)[O-])cn1)C(=O)O. The van der Waals surface area contributed by atoms with Crippen LogP contribution in [0, 0.1) is 10.1 Å². The maximum Gasteiger partial charge on any atom is 0.334 e. The van der Waals surface area contributed by atoms with E-state index >= 15 is 0 Å². The second-order valence-corrected chi connectivity index (χ2v) is 3.10. The van der Waals surface area contributed by atoms with E-state index in [4.69, 9.17) is 9.84 Å². The highest BCUT2D eigenvalue weighted by atomic mass is 16.6. The van der Waals surface area contributed by atoms with Crippen molar-refractivity contribution in [3.63, 3.8) is 0 Å². The molecular formula is C9H11N3O5. The Kier molecular flexibility index (Phi) is 4.35. The standard InChI is InChI=1S/C9H11N3O5/c1-17-7(9(13)14)5-11-8-3-2-6(4-10-8)12(15)16/h2-4,7H,5H2,1H3,(H,10,11)(H,13,14). The molecule has 1 aromatic rings. The molecule has 0 radical (unpaired) electrons. The first-order valence-electron chi connectivity index (χ1n) is 4.64. The lowest BCUT2D eigenvalue weighted by Crippen LogP contribution is -2.30. The third-order valence-corrected chi connectivity index (χ3v) is 1.99. The van der Waals surface area contributed by atoms with Gasteiger partial charge in [-0.05, 0) is 6.07 Å². The van der Waals surface area contributed by atoms with Crippen LogP contribution in [-0.4, -0.2) is 40.7 Å². The number of nitrogens with zero attached hydrogens (tertiary/aromatic N) is 2. The van der Waals surface area contributed by atoms with Crippen molar-refractivity contribution in [1.29, 1.82) is 0 Å². The molecule has 0 saturated heterocycles. The fourth-order valence-corrected chi connectivity index (χ4v) is 1.07. The average molecular weight is 241 g/mol. The minimum Gasteiger partial charge on any atom is -0.479 e. The number of nitrogens with one attached hydrogen (secondary N) is 1. The quantitative estimate of drug-likeness (QED) is 0.550. The zero-order valence-corrected chi connectivity index (χ0v) is 8.99. The Morgan fingerprint density at radius 2 is 2.41 bits per heavy atom. The second kappa shape index (κ2) is 5.75. The molecule has 0 spiro atoms. The van der Waals surface area contributed by atoms with E-state index in [0.29, 0.717) is 5.82 Å². The van der Waals surface area contributed by atoms with Crippen LogP contribution in [0.15, 0.2) is 18.3 Å². The summed E-state index contributed by atoms with van der Waals surface area (Å²) in [6.45, 7) is 0.0244. The first kappa shape index (κ1) is 12.8. The summed E-state index contributed by atoms with van der Waals surface area (Å²) in [5.74, 6) is -0.749. The summed E-state index contributed by atoms with van der Waals surface area (Å²) >= 11 is 0. The number of aromatic nitrogens is 1. The van der Waals surface area contributed by atoms with Crippen LogP contribution < -0.4 is 5.32 Å². The Bertz CT molecular complexity index is 406. The number of rotatable bonds is 6. The zero-order chi connectivity index (χ0) is 12.8. The van der Waals surface area contributed by atoms with Crippen LogP contribution >= 0.6 is 0 Å². The molecule has 92 valence electrons. The van der Waals surface area contributed by atoms with Crippen molar-refractivity contribution in [2.45, 2.75) is 6.10 Å². The lowest BCUT2D eigenvalue weighted by atomic mass is 10.3. The molecule has 0 fully saturated rings. The first-order chi connectivity index (χ1) is 8.04. The van der Waals surface area contributed by atoms with E-state index in [9.17, 15) is 14.9 Å². The van der Waals surface area contributed by atoms with Crippen LogP contribution in [0.5, 0.6) is 0 Å². The fourth-order valence-electron chi connectivity index (χ4n) is 1.07. The second-order valence-electron chi connectivity index (χ2n) is 3.10. The van der Waals surface area contributed by atoms with Crippen LogP contribution in [0.4, 0.5) is 11.5 Å². The first-order valence-corrected chi connectivity index (χ1v) is 4.64. The molecule has 1 heterocycles. The molecule has 1 aromatic heterocycles. The highest BCUT2D eigenvalue weighted by Gasteiger charge is 2.16. The number of pyridine rings is 1. The minimum absolute atomic E-state index is 0.0244. The number of methoxy groups -OCH3 is 1.